The van der Waals surface area contributed by atoms with Crippen LogP contribution in [-0.2, 0) is 5.75 Å². The number of nitrogen functional groups attached to an aromatic ring is 1. The van der Waals surface area contributed by atoms with E-state index >= 15 is 0 Å². The van der Waals surface area contributed by atoms with Crippen LogP contribution in [0.3, 0.4) is 0 Å². The second-order valence-corrected chi connectivity index (χ2v) is 6.94. The van der Waals surface area contributed by atoms with Gasteiger partial charge >= 0.3 is 6.61 Å². The van der Waals surface area contributed by atoms with Crippen LogP contribution in [-0.4, -0.2) is 26.5 Å². The van der Waals surface area contributed by atoms with E-state index in [4.69, 9.17) is 10.3 Å². The molecule has 0 saturated heterocycles. The van der Waals surface area contributed by atoms with Crippen molar-refractivity contribution >= 4 is 11.8 Å². The molecule has 2 aromatic carbocycles. The third kappa shape index (κ3) is 4.40. The van der Waals surface area contributed by atoms with Crippen molar-refractivity contribution < 1.29 is 22.3 Å². The molecule has 0 aliphatic heterocycles. The Morgan fingerprint density at radius 1 is 1.03 bits per heavy atom. The second-order valence-electron chi connectivity index (χ2n) is 5.99. The molecule has 2 aromatic heterocycles. The van der Waals surface area contributed by atoms with E-state index in [-0.39, 0.29) is 11.6 Å². The van der Waals surface area contributed by atoms with Gasteiger partial charge in [-0.05, 0) is 48.5 Å². The lowest BCUT2D eigenvalue weighted by molar-refractivity contribution is -0.0498. The fourth-order valence-corrected chi connectivity index (χ4v) is 3.32. The number of alkyl halides is 2. The summed E-state index contributed by atoms with van der Waals surface area (Å²) >= 11 is 1.26. The summed E-state index contributed by atoms with van der Waals surface area (Å²) in [4.78, 5) is 4.20. The largest absolute Gasteiger partial charge is 0.440 e. The van der Waals surface area contributed by atoms with Crippen molar-refractivity contribution in [2.75, 3.05) is 5.84 Å². The number of hydrogen-bond acceptors (Lipinski definition) is 7. The van der Waals surface area contributed by atoms with E-state index in [2.05, 4.69) is 19.9 Å². The molecule has 4 aromatic rings. The number of thioether (sulfide) groups is 1. The van der Waals surface area contributed by atoms with Gasteiger partial charge in [0.15, 0.2) is 11.6 Å². The maximum Gasteiger partial charge on any atom is 0.387 e. The zero-order chi connectivity index (χ0) is 21.1. The first kappa shape index (κ1) is 19.8. The molecular formula is C19H14F3N5O2S. The minimum atomic E-state index is -2.89. The van der Waals surface area contributed by atoms with Crippen LogP contribution in [0.4, 0.5) is 13.2 Å². The van der Waals surface area contributed by atoms with E-state index in [1.807, 2.05) is 0 Å². The third-order valence-electron chi connectivity index (χ3n) is 4.01. The fourth-order valence-electron chi connectivity index (χ4n) is 2.61. The van der Waals surface area contributed by atoms with Gasteiger partial charge in [0.1, 0.15) is 11.6 Å². The first-order chi connectivity index (χ1) is 14.5. The molecule has 0 aliphatic carbocycles. The number of oxazole rings is 1. The maximum absolute atomic E-state index is 13.0. The fraction of sp³-hybridized carbons (Fsp3) is 0.105. The lowest BCUT2D eigenvalue weighted by Crippen LogP contribution is -2.11. The standard InChI is InChI=1S/C19H14F3N5O2S/c20-13-5-1-11(2-6-13)15-9-24-16(29-15)10-30-19-26-25-17(27(19)23)12-3-7-14(8-4-12)28-18(21)22/h1-9,18H,10,23H2. The summed E-state index contributed by atoms with van der Waals surface area (Å²) in [5.41, 5.74) is 1.30. The van der Waals surface area contributed by atoms with Crippen LogP contribution in [0, 0.1) is 5.82 Å². The van der Waals surface area contributed by atoms with Crippen molar-refractivity contribution in [3.63, 3.8) is 0 Å². The van der Waals surface area contributed by atoms with Crippen molar-refractivity contribution in [1.82, 2.24) is 19.9 Å². The molecule has 4 rings (SSSR count). The van der Waals surface area contributed by atoms with E-state index in [1.165, 1.54) is 40.7 Å². The average Bonchev–Trinajstić information content (AvgIpc) is 3.34. The molecule has 30 heavy (non-hydrogen) atoms. The van der Waals surface area contributed by atoms with Gasteiger partial charge in [0.2, 0.25) is 11.0 Å². The van der Waals surface area contributed by atoms with Gasteiger partial charge < -0.3 is 15.0 Å². The average molecular weight is 433 g/mol. The minimum Gasteiger partial charge on any atom is -0.440 e. The van der Waals surface area contributed by atoms with Gasteiger partial charge in [0, 0.05) is 11.1 Å². The van der Waals surface area contributed by atoms with Crippen molar-refractivity contribution in [2.45, 2.75) is 17.5 Å². The Labute approximate surface area is 172 Å². The Hall–Kier alpha value is -3.47. The second kappa shape index (κ2) is 8.49. The summed E-state index contributed by atoms with van der Waals surface area (Å²) in [5.74, 6) is 7.43. The molecule has 0 spiro atoms. The van der Waals surface area contributed by atoms with Crippen molar-refractivity contribution in [1.29, 1.82) is 0 Å². The quantitative estimate of drug-likeness (QED) is 0.342. The highest BCUT2D eigenvalue weighted by Gasteiger charge is 2.15. The zero-order valence-corrected chi connectivity index (χ0v) is 16.0. The van der Waals surface area contributed by atoms with Gasteiger partial charge in [-0.15, -0.1) is 10.2 Å². The van der Waals surface area contributed by atoms with Crippen LogP contribution in [0.25, 0.3) is 22.7 Å². The van der Waals surface area contributed by atoms with Crippen molar-refractivity contribution in [3.8, 4) is 28.5 Å². The maximum atomic E-state index is 13.0. The molecule has 0 bridgehead atoms. The first-order valence-electron chi connectivity index (χ1n) is 8.59. The lowest BCUT2D eigenvalue weighted by atomic mass is 10.2. The van der Waals surface area contributed by atoms with Gasteiger partial charge in [-0.1, -0.05) is 11.8 Å². The van der Waals surface area contributed by atoms with E-state index in [0.717, 1.165) is 0 Å². The Balaban J connectivity index is 1.43. The molecule has 154 valence electrons. The molecule has 0 fully saturated rings. The molecule has 0 saturated carbocycles. The molecule has 0 radical (unpaired) electrons. The highest BCUT2D eigenvalue weighted by Crippen LogP contribution is 2.27. The van der Waals surface area contributed by atoms with Gasteiger partial charge in [0.05, 0.1) is 11.9 Å². The normalized spacial score (nSPS) is 11.2. The summed E-state index contributed by atoms with van der Waals surface area (Å²) < 4.78 is 48.8. The van der Waals surface area contributed by atoms with E-state index < -0.39 is 6.61 Å². The van der Waals surface area contributed by atoms with Crippen LogP contribution in [0.15, 0.2) is 64.3 Å². The van der Waals surface area contributed by atoms with Gasteiger partial charge in [0.25, 0.3) is 0 Å². The van der Waals surface area contributed by atoms with E-state index in [9.17, 15) is 13.2 Å². The predicted molar refractivity (Wildman–Crippen MR) is 104 cm³/mol. The zero-order valence-electron chi connectivity index (χ0n) is 15.2. The van der Waals surface area contributed by atoms with Gasteiger partial charge in [-0.3, -0.25) is 0 Å². The SMILES string of the molecule is Nn1c(SCc2ncc(-c3ccc(F)cc3)o2)nnc1-c1ccc(OC(F)F)cc1. The molecule has 0 amide bonds. The Kier molecular flexibility index (Phi) is 5.61. The molecular weight excluding hydrogens is 419 g/mol. The molecule has 7 nitrogen and oxygen atoms in total. The number of halogens is 3. The van der Waals surface area contributed by atoms with Crippen LogP contribution in [0.1, 0.15) is 5.89 Å². The number of hydrogen-bond donors (Lipinski definition) is 1. The summed E-state index contributed by atoms with van der Waals surface area (Å²) in [6.45, 7) is -2.89. The molecule has 0 unspecified atom stereocenters. The Bertz CT molecular complexity index is 1130. The van der Waals surface area contributed by atoms with Crippen molar-refractivity contribution in [2.24, 2.45) is 0 Å². The number of ether oxygens (including phenoxy) is 1. The topological polar surface area (TPSA) is 92.0 Å². The highest BCUT2D eigenvalue weighted by atomic mass is 32.2. The van der Waals surface area contributed by atoms with Crippen LogP contribution < -0.4 is 10.6 Å². The summed E-state index contributed by atoms with van der Waals surface area (Å²) in [6.07, 6.45) is 1.56. The first-order valence-corrected chi connectivity index (χ1v) is 9.57. The van der Waals surface area contributed by atoms with Crippen LogP contribution in [0.5, 0.6) is 5.75 Å². The summed E-state index contributed by atoms with van der Waals surface area (Å²) in [6, 6.07) is 11.8. The number of benzene rings is 2. The van der Waals surface area contributed by atoms with E-state index in [1.54, 1.807) is 30.5 Å². The number of rotatable bonds is 7. The summed E-state index contributed by atoms with van der Waals surface area (Å²) in [5, 5.41) is 8.50. The van der Waals surface area contributed by atoms with Gasteiger partial charge in [-0.2, -0.15) is 8.78 Å². The molecule has 2 heterocycles. The third-order valence-corrected chi connectivity index (χ3v) is 4.94. The minimum absolute atomic E-state index is 0.0345. The highest BCUT2D eigenvalue weighted by molar-refractivity contribution is 7.98. The Morgan fingerprint density at radius 3 is 2.43 bits per heavy atom. The number of nitrogens with two attached hydrogens (primary N) is 1. The monoisotopic (exact) mass is 433 g/mol. The number of aromatic nitrogens is 4. The van der Waals surface area contributed by atoms with Crippen LogP contribution >= 0.6 is 11.8 Å². The molecule has 0 aliphatic rings. The number of nitrogens with zero attached hydrogens (tertiary/aromatic N) is 4. The Morgan fingerprint density at radius 2 is 1.73 bits per heavy atom. The summed E-state index contributed by atoms with van der Waals surface area (Å²) in [7, 11) is 0. The van der Waals surface area contributed by atoms with E-state index in [0.29, 0.717) is 39.5 Å². The molecule has 2 N–H and O–H groups in total. The predicted octanol–water partition coefficient (Wildman–Crippen LogP) is 4.35. The van der Waals surface area contributed by atoms with Crippen molar-refractivity contribution in [3.05, 3.63) is 66.4 Å². The van der Waals surface area contributed by atoms with Gasteiger partial charge in [-0.25, -0.2) is 14.1 Å². The smallest absolute Gasteiger partial charge is 0.387 e. The molecule has 0 atom stereocenters. The lowest BCUT2D eigenvalue weighted by Gasteiger charge is -2.06. The van der Waals surface area contributed by atoms with Crippen LogP contribution in [0.2, 0.25) is 0 Å². The molecule has 11 heteroatoms.